The van der Waals surface area contributed by atoms with Crippen LogP contribution >= 0.6 is 0 Å². The molecule has 0 amide bonds. The molecule has 1 N–H and O–H groups in total. The van der Waals surface area contributed by atoms with Gasteiger partial charge in [-0.3, -0.25) is 0 Å². The normalized spacial score (nSPS) is 9.69. The zero-order valence-electron chi connectivity index (χ0n) is 7.16. The molecule has 0 bridgehead atoms. The van der Waals surface area contributed by atoms with E-state index in [0.29, 0.717) is 5.56 Å². The number of hydrogen-bond donors (Lipinski definition) is 1. The van der Waals surface area contributed by atoms with Gasteiger partial charge in [-0.05, 0) is 11.8 Å². The summed E-state index contributed by atoms with van der Waals surface area (Å²) in [5.74, 6) is -0.816. The number of nitro groups is 1. The number of esters is 1. The van der Waals surface area contributed by atoms with Crippen LogP contribution in [0.4, 0.5) is 5.82 Å². The second-order valence-electron chi connectivity index (χ2n) is 2.46. The van der Waals surface area contributed by atoms with Gasteiger partial charge >= 0.3 is 11.8 Å². The molecule has 0 aliphatic rings. The second-order valence-corrected chi connectivity index (χ2v) is 2.46. The van der Waals surface area contributed by atoms with Gasteiger partial charge in [0, 0.05) is 11.6 Å². The van der Waals surface area contributed by atoms with Crippen molar-refractivity contribution in [3.63, 3.8) is 0 Å². The highest BCUT2D eigenvalue weighted by Gasteiger charge is 2.19. The zero-order valence-corrected chi connectivity index (χ0v) is 7.16. The topological polar surface area (TPSA) is 85.2 Å². The predicted octanol–water partition coefficient (Wildman–Crippen LogP) is 1.02. The zero-order chi connectivity index (χ0) is 10.0. The maximum Gasteiger partial charge on any atom is 0.378 e. The molecule has 0 aliphatic carbocycles. The van der Waals surface area contributed by atoms with Crippen LogP contribution in [0.2, 0.25) is 0 Å². The number of aromatic nitrogens is 1. The lowest BCUT2D eigenvalue weighted by Crippen LogP contribution is -2.03. The van der Waals surface area contributed by atoms with Gasteiger partial charge in [-0.25, -0.2) is 9.78 Å². The van der Waals surface area contributed by atoms with Crippen molar-refractivity contribution in [2.24, 2.45) is 0 Å². The minimum Gasteiger partial charge on any atom is -0.463 e. The molecule has 1 aromatic heterocycles. The van der Waals surface area contributed by atoms with E-state index in [1.54, 1.807) is 6.92 Å². The third kappa shape index (κ3) is 1.66. The van der Waals surface area contributed by atoms with Gasteiger partial charge in [-0.15, -0.1) is 0 Å². The summed E-state index contributed by atoms with van der Waals surface area (Å²) in [6, 6.07) is 1.28. The first-order valence-corrected chi connectivity index (χ1v) is 3.48. The van der Waals surface area contributed by atoms with Gasteiger partial charge in [0.05, 0.1) is 7.11 Å². The summed E-state index contributed by atoms with van der Waals surface area (Å²) in [5, 5.41) is 10.3. The van der Waals surface area contributed by atoms with Gasteiger partial charge in [-0.1, -0.05) is 0 Å². The first-order valence-electron chi connectivity index (χ1n) is 3.48. The largest absolute Gasteiger partial charge is 0.463 e. The van der Waals surface area contributed by atoms with E-state index >= 15 is 0 Å². The molecular formula is C7H8N2O4. The van der Waals surface area contributed by atoms with Crippen molar-refractivity contribution in [2.75, 3.05) is 7.11 Å². The summed E-state index contributed by atoms with van der Waals surface area (Å²) in [5.41, 5.74) is 0.618. The van der Waals surface area contributed by atoms with Crippen LogP contribution in [0, 0.1) is 17.0 Å². The number of ether oxygens (including phenoxy) is 1. The fraction of sp³-hybridized carbons (Fsp3) is 0.286. The monoisotopic (exact) mass is 184 g/mol. The highest BCUT2D eigenvalue weighted by atomic mass is 16.6. The van der Waals surface area contributed by atoms with Crippen molar-refractivity contribution in [1.29, 1.82) is 0 Å². The third-order valence-corrected chi connectivity index (χ3v) is 1.59. The highest BCUT2D eigenvalue weighted by Crippen LogP contribution is 2.16. The number of nitrogens with zero attached hydrogens (tertiary/aromatic N) is 1. The minimum atomic E-state index is -0.606. The van der Waals surface area contributed by atoms with Crippen molar-refractivity contribution in [3.8, 4) is 0 Å². The summed E-state index contributed by atoms with van der Waals surface area (Å²) in [6.07, 6.45) is 0. The molecule has 0 atom stereocenters. The van der Waals surface area contributed by atoms with E-state index in [1.807, 2.05) is 0 Å². The van der Waals surface area contributed by atoms with E-state index < -0.39 is 10.9 Å². The van der Waals surface area contributed by atoms with Crippen LogP contribution < -0.4 is 0 Å². The summed E-state index contributed by atoms with van der Waals surface area (Å²) in [6.45, 7) is 1.59. The van der Waals surface area contributed by atoms with E-state index in [1.165, 1.54) is 13.2 Å². The van der Waals surface area contributed by atoms with Gasteiger partial charge in [0.15, 0.2) is 0 Å². The van der Waals surface area contributed by atoms with Gasteiger partial charge in [0.25, 0.3) is 0 Å². The maximum atomic E-state index is 11.0. The number of carbonyl (C=O) groups is 1. The van der Waals surface area contributed by atoms with E-state index in [2.05, 4.69) is 9.72 Å². The number of aryl methyl sites for hydroxylation is 1. The Morgan fingerprint density at radius 3 is 2.69 bits per heavy atom. The van der Waals surface area contributed by atoms with E-state index in [4.69, 9.17) is 0 Å². The van der Waals surface area contributed by atoms with E-state index in [0.717, 1.165) is 0 Å². The number of methoxy groups -OCH3 is 1. The Morgan fingerprint density at radius 1 is 1.69 bits per heavy atom. The van der Waals surface area contributed by atoms with E-state index in [-0.39, 0.29) is 11.5 Å². The Morgan fingerprint density at radius 2 is 2.31 bits per heavy atom. The molecule has 1 rings (SSSR count). The molecule has 0 saturated heterocycles. The summed E-state index contributed by atoms with van der Waals surface area (Å²) < 4.78 is 4.42. The second kappa shape index (κ2) is 3.26. The Hall–Kier alpha value is -1.85. The van der Waals surface area contributed by atoms with E-state index in [9.17, 15) is 14.9 Å². The molecule has 13 heavy (non-hydrogen) atoms. The molecule has 6 nitrogen and oxygen atoms in total. The Bertz CT molecular complexity index is 355. The van der Waals surface area contributed by atoms with Crippen molar-refractivity contribution in [1.82, 2.24) is 4.98 Å². The number of hydrogen-bond acceptors (Lipinski definition) is 4. The van der Waals surface area contributed by atoms with Crippen LogP contribution in [0.3, 0.4) is 0 Å². The molecule has 0 unspecified atom stereocenters. The van der Waals surface area contributed by atoms with Crippen molar-refractivity contribution < 1.29 is 14.5 Å². The highest BCUT2D eigenvalue weighted by molar-refractivity contribution is 5.89. The van der Waals surface area contributed by atoms with Crippen molar-refractivity contribution >= 4 is 11.8 Å². The number of rotatable bonds is 2. The first-order chi connectivity index (χ1) is 6.06. The summed E-state index contributed by atoms with van der Waals surface area (Å²) >= 11 is 0. The fourth-order valence-corrected chi connectivity index (χ4v) is 0.952. The lowest BCUT2D eigenvalue weighted by molar-refractivity contribution is -0.389. The Kier molecular flexibility index (Phi) is 2.32. The number of aromatic amines is 1. The molecule has 1 heterocycles. The lowest BCUT2D eigenvalue weighted by Gasteiger charge is -1.92. The van der Waals surface area contributed by atoms with Crippen LogP contribution in [-0.2, 0) is 4.74 Å². The predicted molar refractivity (Wildman–Crippen MR) is 43.5 cm³/mol. The van der Waals surface area contributed by atoms with Gasteiger partial charge in [-0.2, -0.15) is 0 Å². The van der Waals surface area contributed by atoms with Crippen LogP contribution in [0.25, 0.3) is 0 Å². The van der Waals surface area contributed by atoms with Crippen LogP contribution in [0.15, 0.2) is 6.07 Å². The standard InChI is InChI=1S/C7H8N2O4/c1-4-3-5(9(11)12)8-6(4)7(10)13-2/h3,8H,1-2H3. The molecule has 0 aromatic carbocycles. The third-order valence-electron chi connectivity index (χ3n) is 1.59. The summed E-state index contributed by atoms with van der Waals surface area (Å²) in [4.78, 5) is 23.1. The lowest BCUT2D eigenvalue weighted by atomic mass is 10.3. The minimum absolute atomic E-state index is 0.120. The molecule has 0 saturated carbocycles. The molecule has 6 heteroatoms. The first kappa shape index (κ1) is 9.24. The van der Waals surface area contributed by atoms with Gasteiger partial charge < -0.3 is 14.9 Å². The summed E-state index contributed by atoms with van der Waals surface area (Å²) in [7, 11) is 1.22. The number of H-pyrrole nitrogens is 1. The molecule has 0 aliphatic heterocycles. The fourth-order valence-electron chi connectivity index (χ4n) is 0.952. The molecule has 0 fully saturated rings. The van der Waals surface area contributed by atoms with Gasteiger partial charge in [0.2, 0.25) is 5.69 Å². The molecule has 0 radical (unpaired) electrons. The number of carbonyl (C=O) groups excluding carboxylic acids is 1. The van der Waals surface area contributed by atoms with Crippen LogP contribution in [-0.4, -0.2) is 23.0 Å². The SMILES string of the molecule is COC(=O)c1[nH]c([N+](=O)[O-])cc1C. The smallest absolute Gasteiger partial charge is 0.378 e. The van der Waals surface area contributed by atoms with Gasteiger partial charge in [0.1, 0.15) is 0 Å². The van der Waals surface area contributed by atoms with Crippen LogP contribution in [0.5, 0.6) is 0 Å². The van der Waals surface area contributed by atoms with Crippen molar-refractivity contribution in [3.05, 3.63) is 27.4 Å². The Labute approximate surface area is 73.7 Å². The molecular weight excluding hydrogens is 176 g/mol. The number of nitrogens with one attached hydrogen (secondary N) is 1. The Balaban J connectivity index is 3.10. The average molecular weight is 184 g/mol. The van der Waals surface area contributed by atoms with Crippen molar-refractivity contribution in [2.45, 2.75) is 6.92 Å². The van der Waals surface area contributed by atoms with Crippen LogP contribution in [0.1, 0.15) is 16.1 Å². The molecule has 70 valence electrons. The quantitative estimate of drug-likeness (QED) is 0.422. The molecule has 0 spiro atoms. The molecule has 1 aromatic rings. The average Bonchev–Trinajstić information content (AvgIpc) is 2.46. The maximum absolute atomic E-state index is 11.0.